The van der Waals surface area contributed by atoms with E-state index < -0.39 is 22.7 Å². The van der Waals surface area contributed by atoms with Crippen molar-refractivity contribution in [1.82, 2.24) is 10.2 Å². The quantitative estimate of drug-likeness (QED) is 0.295. The number of carbonyl (C=O) groups is 3. The number of amides is 2. The first-order chi connectivity index (χ1) is 17.9. The number of nitrogens with zero attached hydrogens (tertiary/aromatic N) is 2. The second-order valence-electron chi connectivity index (χ2n) is 10.6. The standard InChI is InChI=1S/C27H33N3O7S/c1-5-36-24(31)15-19-14-20-22-11-10-18(13-23(20)38-19)29(22)25(32)21(28-26(33)37-27(2,3)4)12-16-6-8-17(9-7-16)30(34)35/h6-9,14,18,21-22H,5,10-13,15H2,1-4H3,(H,28,33)/t18?,21-,22?/m0/s1. The zero-order chi connectivity index (χ0) is 27.6. The predicted octanol–water partition coefficient (Wildman–Crippen LogP) is 4.49. The molecule has 2 unspecified atom stereocenters. The van der Waals surface area contributed by atoms with Gasteiger partial charge in [0, 0.05) is 40.8 Å². The average molecular weight is 544 g/mol. The zero-order valence-corrected chi connectivity index (χ0v) is 22.8. The van der Waals surface area contributed by atoms with E-state index in [-0.39, 0.29) is 42.5 Å². The summed E-state index contributed by atoms with van der Waals surface area (Å²) in [5.74, 6) is -0.487. The van der Waals surface area contributed by atoms with E-state index in [1.54, 1.807) is 51.2 Å². The van der Waals surface area contributed by atoms with Crippen LogP contribution < -0.4 is 5.32 Å². The lowest BCUT2D eigenvalue weighted by Crippen LogP contribution is -2.53. The van der Waals surface area contributed by atoms with Gasteiger partial charge >= 0.3 is 12.1 Å². The molecule has 1 aromatic heterocycles. The van der Waals surface area contributed by atoms with E-state index in [1.807, 2.05) is 11.0 Å². The minimum atomic E-state index is -0.909. The number of hydrogen-bond acceptors (Lipinski definition) is 8. The van der Waals surface area contributed by atoms with Gasteiger partial charge in [0.05, 0.1) is 24.0 Å². The number of fused-ring (bicyclic) bond motifs is 4. The van der Waals surface area contributed by atoms with E-state index in [0.717, 1.165) is 23.3 Å². The number of non-ortho nitro benzene ring substituents is 1. The maximum absolute atomic E-state index is 14.0. The van der Waals surface area contributed by atoms with Crippen LogP contribution in [0.25, 0.3) is 0 Å². The first kappa shape index (κ1) is 27.6. The highest BCUT2D eigenvalue weighted by molar-refractivity contribution is 7.12. The van der Waals surface area contributed by atoms with Crippen molar-refractivity contribution in [3.8, 4) is 0 Å². The number of ether oxygens (including phenoxy) is 2. The van der Waals surface area contributed by atoms with Gasteiger partial charge in [-0.05, 0) is 57.7 Å². The number of hydrogen-bond donors (Lipinski definition) is 1. The molecule has 2 aliphatic rings. The molecule has 3 atom stereocenters. The van der Waals surface area contributed by atoms with Crippen LogP contribution in [0.15, 0.2) is 30.3 Å². The zero-order valence-electron chi connectivity index (χ0n) is 22.0. The summed E-state index contributed by atoms with van der Waals surface area (Å²) in [6.45, 7) is 7.35. The van der Waals surface area contributed by atoms with Crippen LogP contribution in [0.3, 0.4) is 0 Å². The molecule has 1 saturated heterocycles. The monoisotopic (exact) mass is 543 g/mol. The number of benzene rings is 1. The number of rotatable bonds is 8. The molecule has 204 valence electrons. The Hall–Kier alpha value is -3.47. The Bertz CT molecular complexity index is 1220. The second kappa shape index (κ2) is 11.1. The SMILES string of the molecule is CCOC(=O)Cc1cc2c(s1)CC1CCC2N1C(=O)[C@H](Cc1ccc([N+](=O)[O-])cc1)NC(=O)OC(C)(C)C. The van der Waals surface area contributed by atoms with Crippen molar-refractivity contribution in [2.75, 3.05) is 6.61 Å². The molecule has 2 amide bonds. The fraction of sp³-hybridized carbons (Fsp3) is 0.519. The molecule has 11 heteroatoms. The molecule has 2 aliphatic heterocycles. The Labute approximate surface area is 225 Å². The molecule has 2 aromatic rings. The van der Waals surface area contributed by atoms with Crippen molar-refractivity contribution >= 4 is 35.0 Å². The molecule has 2 bridgehead atoms. The van der Waals surface area contributed by atoms with Crippen molar-refractivity contribution < 1.29 is 28.8 Å². The Kier molecular flexibility index (Phi) is 8.05. The molecule has 4 rings (SSSR count). The van der Waals surface area contributed by atoms with Gasteiger partial charge in [-0.25, -0.2) is 4.79 Å². The number of thiophene rings is 1. The number of nitrogens with one attached hydrogen (secondary N) is 1. The number of nitro benzene ring substituents is 1. The van der Waals surface area contributed by atoms with Gasteiger partial charge in [-0.3, -0.25) is 19.7 Å². The Morgan fingerprint density at radius 2 is 1.92 bits per heavy atom. The lowest BCUT2D eigenvalue weighted by Gasteiger charge is -2.37. The van der Waals surface area contributed by atoms with Crippen LogP contribution in [0.2, 0.25) is 0 Å². The summed E-state index contributed by atoms with van der Waals surface area (Å²) in [4.78, 5) is 53.2. The topological polar surface area (TPSA) is 128 Å². The summed E-state index contributed by atoms with van der Waals surface area (Å²) in [5.41, 5.74) is 0.954. The molecule has 1 aromatic carbocycles. The van der Waals surface area contributed by atoms with Crippen LogP contribution in [0.4, 0.5) is 10.5 Å². The molecule has 3 heterocycles. The fourth-order valence-electron chi connectivity index (χ4n) is 5.14. The van der Waals surface area contributed by atoms with E-state index in [0.29, 0.717) is 18.6 Å². The Morgan fingerprint density at radius 1 is 1.21 bits per heavy atom. The number of nitro groups is 1. The first-order valence-corrected chi connectivity index (χ1v) is 13.6. The molecule has 0 radical (unpaired) electrons. The summed E-state index contributed by atoms with van der Waals surface area (Å²) in [6, 6.07) is 6.92. The van der Waals surface area contributed by atoms with Crippen molar-refractivity contribution in [2.24, 2.45) is 0 Å². The summed E-state index contributed by atoms with van der Waals surface area (Å²) in [6.07, 6.45) is 2.02. The van der Waals surface area contributed by atoms with Gasteiger partial charge in [0.1, 0.15) is 11.6 Å². The van der Waals surface area contributed by atoms with Gasteiger partial charge in [0.25, 0.3) is 5.69 Å². The second-order valence-corrected chi connectivity index (χ2v) is 11.8. The molecule has 0 aliphatic carbocycles. The highest BCUT2D eigenvalue weighted by Gasteiger charge is 2.45. The van der Waals surface area contributed by atoms with Crippen LogP contribution in [-0.4, -0.2) is 52.1 Å². The summed E-state index contributed by atoms with van der Waals surface area (Å²) < 4.78 is 10.5. The van der Waals surface area contributed by atoms with Crippen molar-refractivity contribution in [3.63, 3.8) is 0 Å². The van der Waals surface area contributed by atoms with E-state index in [2.05, 4.69) is 5.32 Å². The highest BCUT2D eigenvalue weighted by atomic mass is 32.1. The van der Waals surface area contributed by atoms with Gasteiger partial charge in [-0.1, -0.05) is 12.1 Å². The van der Waals surface area contributed by atoms with Crippen LogP contribution >= 0.6 is 11.3 Å². The average Bonchev–Trinajstić information content (AvgIpc) is 3.37. The van der Waals surface area contributed by atoms with Gasteiger partial charge < -0.3 is 19.7 Å². The van der Waals surface area contributed by atoms with E-state index in [1.165, 1.54) is 17.0 Å². The van der Waals surface area contributed by atoms with Crippen LogP contribution in [-0.2, 0) is 38.3 Å². The third kappa shape index (κ3) is 6.32. The number of esters is 1. The summed E-state index contributed by atoms with van der Waals surface area (Å²) >= 11 is 1.60. The van der Waals surface area contributed by atoms with Crippen molar-refractivity contribution in [1.29, 1.82) is 0 Å². The van der Waals surface area contributed by atoms with Gasteiger partial charge in [-0.2, -0.15) is 0 Å². The predicted molar refractivity (Wildman–Crippen MR) is 141 cm³/mol. The summed E-state index contributed by atoms with van der Waals surface area (Å²) in [7, 11) is 0. The van der Waals surface area contributed by atoms with Gasteiger partial charge in [0.15, 0.2) is 0 Å². The smallest absolute Gasteiger partial charge is 0.408 e. The maximum Gasteiger partial charge on any atom is 0.408 e. The lowest BCUT2D eigenvalue weighted by atomic mass is 9.97. The van der Waals surface area contributed by atoms with E-state index in [4.69, 9.17) is 9.47 Å². The fourth-order valence-corrected chi connectivity index (χ4v) is 6.42. The molecular weight excluding hydrogens is 510 g/mol. The van der Waals surface area contributed by atoms with E-state index in [9.17, 15) is 24.5 Å². The lowest BCUT2D eigenvalue weighted by molar-refractivity contribution is -0.384. The Morgan fingerprint density at radius 3 is 2.55 bits per heavy atom. The molecule has 1 N–H and O–H groups in total. The normalized spacial score (nSPS) is 18.9. The van der Waals surface area contributed by atoms with Crippen LogP contribution in [0, 0.1) is 10.1 Å². The molecule has 10 nitrogen and oxygen atoms in total. The molecule has 0 saturated carbocycles. The molecule has 1 fully saturated rings. The largest absolute Gasteiger partial charge is 0.466 e. The third-order valence-corrected chi connectivity index (χ3v) is 7.80. The number of carbonyl (C=O) groups excluding carboxylic acids is 3. The van der Waals surface area contributed by atoms with E-state index >= 15 is 0 Å². The molecule has 0 spiro atoms. The first-order valence-electron chi connectivity index (χ1n) is 12.8. The minimum Gasteiger partial charge on any atom is -0.466 e. The summed E-state index contributed by atoms with van der Waals surface area (Å²) in [5, 5.41) is 13.8. The van der Waals surface area contributed by atoms with Gasteiger partial charge in [0.2, 0.25) is 5.91 Å². The third-order valence-electron chi connectivity index (χ3n) is 6.63. The maximum atomic E-state index is 14.0. The van der Waals surface area contributed by atoms with Crippen molar-refractivity contribution in [2.45, 2.75) is 83.5 Å². The van der Waals surface area contributed by atoms with Crippen molar-refractivity contribution in [3.05, 3.63) is 61.3 Å². The van der Waals surface area contributed by atoms with Crippen LogP contribution in [0.1, 0.15) is 67.5 Å². The Balaban J connectivity index is 1.57. The van der Waals surface area contributed by atoms with Gasteiger partial charge in [-0.15, -0.1) is 11.3 Å². The molecular formula is C27H33N3O7S. The van der Waals surface area contributed by atoms with Crippen LogP contribution in [0.5, 0.6) is 0 Å². The highest BCUT2D eigenvalue weighted by Crippen LogP contribution is 2.47. The number of alkyl carbamates (subject to hydrolysis) is 1. The minimum absolute atomic E-state index is 0.00566. The molecule has 38 heavy (non-hydrogen) atoms.